The Kier molecular flexibility index (Phi) is 6.62. The van der Waals surface area contributed by atoms with Crippen molar-refractivity contribution in [1.29, 1.82) is 5.26 Å². The maximum absolute atomic E-state index is 14.3. The number of piperazine rings is 1. The molecule has 2 aromatic rings. The standard InChI is InChI=1S/C22H23FN6O2/c1-14-17(5-3-15(11-24)20(14)23)18(12-25)21(30)27-19-6-4-16(13-26-19)22(31)29-9-7-28(2)8-10-29/h3-6,12-13H,7-10,25H2,1-2H3,(H,26,27,30). The maximum Gasteiger partial charge on any atom is 0.258 e. The fourth-order valence-corrected chi connectivity index (χ4v) is 3.32. The van der Waals surface area contributed by atoms with Crippen LogP contribution in [0.25, 0.3) is 5.57 Å². The van der Waals surface area contributed by atoms with Gasteiger partial charge < -0.3 is 20.9 Å². The van der Waals surface area contributed by atoms with Gasteiger partial charge in [-0.15, -0.1) is 0 Å². The van der Waals surface area contributed by atoms with Crippen LogP contribution in [0.15, 0.2) is 36.7 Å². The van der Waals surface area contributed by atoms with Crippen molar-refractivity contribution in [3.63, 3.8) is 0 Å². The van der Waals surface area contributed by atoms with Gasteiger partial charge in [0, 0.05) is 38.6 Å². The van der Waals surface area contributed by atoms with E-state index in [1.807, 2.05) is 7.05 Å². The van der Waals surface area contributed by atoms with Crippen molar-refractivity contribution in [3.8, 4) is 6.07 Å². The second-order valence-corrected chi connectivity index (χ2v) is 7.27. The third-order valence-electron chi connectivity index (χ3n) is 5.25. The molecule has 160 valence electrons. The van der Waals surface area contributed by atoms with Crippen LogP contribution in [0.4, 0.5) is 10.2 Å². The lowest BCUT2D eigenvalue weighted by Crippen LogP contribution is -2.47. The summed E-state index contributed by atoms with van der Waals surface area (Å²) in [6, 6.07) is 7.66. The van der Waals surface area contributed by atoms with Gasteiger partial charge in [-0.2, -0.15) is 5.26 Å². The molecule has 2 heterocycles. The summed E-state index contributed by atoms with van der Waals surface area (Å²) >= 11 is 0. The summed E-state index contributed by atoms with van der Waals surface area (Å²) in [6.07, 6.45) is 2.49. The summed E-state index contributed by atoms with van der Waals surface area (Å²) in [5.74, 6) is -1.16. The molecule has 1 aliphatic rings. The number of pyridine rings is 1. The summed E-state index contributed by atoms with van der Waals surface area (Å²) < 4.78 is 14.3. The lowest BCUT2D eigenvalue weighted by molar-refractivity contribution is -0.111. The van der Waals surface area contributed by atoms with Gasteiger partial charge in [0.25, 0.3) is 11.8 Å². The molecule has 0 atom stereocenters. The molecule has 1 aromatic carbocycles. The van der Waals surface area contributed by atoms with Crippen molar-refractivity contribution in [3.05, 3.63) is 64.7 Å². The zero-order valence-corrected chi connectivity index (χ0v) is 17.4. The van der Waals surface area contributed by atoms with Crippen LogP contribution in [0.1, 0.15) is 27.0 Å². The first kappa shape index (κ1) is 21.9. The van der Waals surface area contributed by atoms with Crippen LogP contribution in [0.2, 0.25) is 0 Å². The summed E-state index contributed by atoms with van der Waals surface area (Å²) in [5.41, 5.74) is 6.41. The predicted octanol–water partition coefficient (Wildman–Crippen LogP) is 1.73. The molecular weight excluding hydrogens is 399 g/mol. The van der Waals surface area contributed by atoms with Gasteiger partial charge in [-0.05, 0) is 43.3 Å². The van der Waals surface area contributed by atoms with Gasteiger partial charge in [0.1, 0.15) is 17.7 Å². The number of nitriles is 1. The molecule has 3 rings (SSSR count). The van der Waals surface area contributed by atoms with Gasteiger partial charge in [0.05, 0.1) is 16.7 Å². The van der Waals surface area contributed by atoms with Gasteiger partial charge >= 0.3 is 0 Å². The molecule has 1 fully saturated rings. The molecule has 0 unspecified atom stereocenters. The van der Waals surface area contributed by atoms with Crippen molar-refractivity contribution in [1.82, 2.24) is 14.8 Å². The normalized spacial score (nSPS) is 14.8. The first-order chi connectivity index (χ1) is 14.8. The summed E-state index contributed by atoms with van der Waals surface area (Å²) in [4.78, 5) is 33.4. The number of likely N-dealkylation sites (N-methyl/N-ethyl adjacent to an activating group) is 1. The van der Waals surface area contributed by atoms with Gasteiger partial charge in [0.2, 0.25) is 0 Å². The van der Waals surface area contributed by atoms with Crippen molar-refractivity contribution >= 4 is 23.2 Å². The number of aromatic nitrogens is 1. The van der Waals surface area contributed by atoms with Crippen LogP contribution in [-0.4, -0.2) is 59.8 Å². The minimum Gasteiger partial charge on any atom is -0.404 e. The van der Waals surface area contributed by atoms with E-state index in [0.29, 0.717) is 18.7 Å². The fourth-order valence-electron chi connectivity index (χ4n) is 3.32. The number of benzene rings is 1. The van der Waals surface area contributed by atoms with Crippen molar-refractivity contribution in [2.75, 3.05) is 38.5 Å². The van der Waals surface area contributed by atoms with Crippen LogP contribution >= 0.6 is 0 Å². The van der Waals surface area contributed by atoms with Crippen LogP contribution < -0.4 is 11.1 Å². The number of hydrogen-bond donors (Lipinski definition) is 2. The minimum absolute atomic E-state index is 0.0419. The topological polar surface area (TPSA) is 115 Å². The molecule has 2 amide bonds. The van der Waals surface area contributed by atoms with E-state index >= 15 is 0 Å². The highest BCUT2D eigenvalue weighted by Gasteiger charge is 2.21. The largest absolute Gasteiger partial charge is 0.404 e. The van der Waals surface area contributed by atoms with E-state index in [9.17, 15) is 14.0 Å². The number of amides is 2. The monoisotopic (exact) mass is 422 g/mol. The van der Waals surface area contributed by atoms with Crippen molar-refractivity contribution < 1.29 is 14.0 Å². The average Bonchev–Trinajstić information content (AvgIpc) is 2.78. The molecule has 0 radical (unpaired) electrons. The zero-order valence-electron chi connectivity index (χ0n) is 17.4. The lowest BCUT2D eigenvalue weighted by atomic mass is 9.98. The van der Waals surface area contributed by atoms with E-state index in [0.717, 1.165) is 19.3 Å². The molecule has 31 heavy (non-hydrogen) atoms. The molecule has 0 aliphatic carbocycles. The number of halogens is 1. The van der Waals surface area contributed by atoms with Crippen LogP contribution in [-0.2, 0) is 4.79 Å². The predicted molar refractivity (Wildman–Crippen MR) is 114 cm³/mol. The van der Waals surface area contributed by atoms with E-state index in [4.69, 9.17) is 11.0 Å². The first-order valence-corrected chi connectivity index (χ1v) is 9.72. The second-order valence-electron chi connectivity index (χ2n) is 7.27. The lowest BCUT2D eigenvalue weighted by Gasteiger charge is -2.32. The zero-order chi connectivity index (χ0) is 22.5. The summed E-state index contributed by atoms with van der Waals surface area (Å²) in [5, 5.41) is 11.5. The second kappa shape index (κ2) is 9.36. The highest BCUT2D eigenvalue weighted by molar-refractivity contribution is 6.25. The molecule has 1 aliphatic heterocycles. The Morgan fingerprint density at radius 3 is 2.52 bits per heavy atom. The van der Waals surface area contributed by atoms with Crippen LogP contribution in [0, 0.1) is 24.1 Å². The van der Waals surface area contributed by atoms with E-state index < -0.39 is 11.7 Å². The van der Waals surface area contributed by atoms with E-state index in [2.05, 4.69) is 15.2 Å². The molecule has 3 N–H and O–H groups in total. The highest BCUT2D eigenvalue weighted by Crippen LogP contribution is 2.24. The molecule has 1 saturated heterocycles. The molecule has 8 nitrogen and oxygen atoms in total. The number of nitrogens with zero attached hydrogens (tertiary/aromatic N) is 4. The average molecular weight is 422 g/mol. The van der Waals surface area contributed by atoms with E-state index in [1.54, 1.807) is 17.0 Å². The molecule has 0 saturated carbocycles. The third kappa shape index (κ3) is 4.70. The number of nitrogens with two attached hydrogens (primary N) is 1. The number of nitrogens with one attached hydrogen (secondary N) is 1. The SMILES string of the molecule is Cc1c(C(=CN)C(=O)Nc2ccc(C(=O)N3CCN(C)CC3)cn2)ccc(C#N)c1F. The maximum atomic E-state index is 14.3. The Bertz CT molecular complexity index is 1070. The van der Waals surface area contributed by atoms with Crippen LogP contribution in [0.5, 0.6) is 0 Å². The number of rotatable bonds is 4. The van der Waals surface area contributed by atoms with E-state index in [1.165, 1.54) is 31.3 Å². The quantitative estimate of drug-likeness (QED) is 0.725. The Morgan fingerprint density at radius 1 is 1.23 bits per heavy atom. The smallest absolute Gasteiger partial charge is 0.258 e. The molecule has 0 bridgehead atoms. The van der Waals surface area contributed by atoms with Crippen molar-refractivity contribution in [2.24, 2.45) is 5.73 Å². The van der Waals surface area contributed by atoms with E-state index in [-0.39, 0.29) is 34.0 Å². The molecule has 9 heteroatoms. The number of hydrogen-bond acceptors (Lipinski definition) is 6. The molecule has 1 aromatic heterocycles. The van der Waals surface area contributed by atoms with Crippen LogP contribution in [0.3, 0.4) is 0 Å². The number of carbonyl (C=O) groups excluding carboxylic acids is 2. The van der Waals surface area contributed by atoms with Gasteiger partial charge in [0.15, 0.2) is 0 Å². The Hall–Kier alpha value is -3.77. The first-order valence-electron chi connectivity index (χ1n) is 9.72. The molecule has 0 spiro atoms. The number of anilines is 1. The van der Waals surface area contributed by atoms with Crippen molar-refractivity contribution in [2.45, 2.75) is 6.92 Å². The highest BCUT2D eigenvalue weighted by atomic mass is 19.1. The van der Waals surface area contributed by atoms with Gasteiger partial charge in [-0.1, -0.05) is 6.07 Å². The van der Waals surface area contributed by atoms with Gasteiger partial charge in [-0.25, -0.2) is 9.37 Å². The fraction of sp³-hybridized carbons (Fsp3) is 0.273. The minimum atomic E-state index is -0.697. The summed E-state index contributed by atoms with van der Waals surface area (Å²) in [6.45, 7) is 4.41. The Labute approximate surface area is 179 Å². The molecular formula is C22H23FN6O2. The Morgan fingerprint density at radius 2 is 1.94 bits per heavy atom. The van der Waals surface area contributed by atoms with Gasteiger partial charge in [-0.3, -0.25) is 9.59 Å². The Balaban J connectivity index is 1.72. The third-order valence-corrected chi connectivity index (χ3v) is 5.25. The number of carbonyl (C=O) groups is 2. The summed E-state index contributed by atoms with van der Waals surface area (Å²) in [7, 11) is 2.01.